The van der Waals surface area contributed by atoms with Gasteiger partial charge in [0.25, 0.3) is 0 Å². The molecule has 1 unspecified atom stereocenters. The molecule has 1 atom stereocenters. The van der Waals surface area contributed by atoms with E-state index in [2.05, 4.69) is 18.9 Å². The highest BCUT2D eigenvalue weighted by atomic mass is 19.1. The van der Waals surface area contributed by atoms with Crippen molar-refractivity contribution in [1.29, 1.82) is 0 Å². The van der Waals surface area contributed by atoms with Gasteiger partial charge in [0.2, 0.25) is 5.91 Å². The van der Waals surface area contributed by atoms with Crippen LogP contribution in [0.2, 0.25) is 0 Å². The van der Waals surface area contributed by atoms with Crippen LogP contribution in [0.15, 0.2) is 24.3 Å². The summed E-state index contributed by atoms with van der Waals surface area (Å²) < 4.78 is 13.0. The minimum absolute atomic E-state index is 0.171. The number of likely N-dealkylation sites (N-methyl/N-ethyl adjacent to an activating group) is 1. The summed E-state index contributed by atoms with van der Waals surface area (Å²) in [6.45, 7) is 4.64. The van der Waals surface area contributed by atoms with Crippen LogP contribution >= 0.6 is 0 Å². The summed E-state index contributed by atoms with van der Waals surface area (Å²) in [6, 6.07) is 6.88. The first-order valence-corrected chi connectivity index (χ1v) is 6.78. The number of benzene rings is 1. The lowest BCUT2D eigenvalue weighted by Gasteiger charge is -2.37. The minimum Gasteiger partial charge on any atom is -0.340 e. The molecule has 0 N–H and O–H groups in total. The number of carbonyl (C=O) groups is 1. The van der Waals surface area contributed by atoms with Gasteiger partial charge < -0.3 is 9.80 Å². The van der Waals surface area contributed by atoms with E-state index >= 15 is 0 Å². The Bertz CT molecular complexity index is 450. The molecule has 0 spiro atoms. The minimum atomic E-state index is -0.238. The highest BCUT2D eigenvalue weighted by Crippen LogP contribution is 2.11. The Morgan fingerprint density at radius 1 is 1.42 bits per heavy atom. The van der Waals surface area contributed by atoms with Crippen molar-refractivity contribution in [1.82, 2.24) is 9.80 Å². The summed E-state index contributed by atoms with van der Waals surface area (Å²) in [4.78, 5) is 16.3. The second kappa shape index (κ2) is 6.15. The number of halogens is 1. The highest BCUT2D eigenvalue weighted by Gasteiger charge is 2.23. The summed E-state index contributed by atoms with van der Waals surface area (Å²) in [5, 5.41) is 0. The summed E-state index contributed by atoms with van der Waals surface area (Å²) >= 11 is 0. The summed E-state index contributed by atoms with van der Waals surface area (Å²) in [7, 11) is 2.08. The van der Waals surface area contributed by atoms with Crippen molar-refractivity contribution in [3.8, 4) is 0 Å². The number of hydrogen-bond donors (Lipinski definition) is 0. The molecular formula is C15H21FN2O. The summed E-state index contributed by atoms with van der Waals surface area (Å²) in [5.74, 6) is -0.0672. The second-order valence-electron chi connectivity index (χ2n) is 5.30. The molecule has 1 aliphatic heterocycles. The van der Waals surface area contributed by atoms with Gasteiger partial charge in [0.15, 0.2) is 0 Å². The van der Waals surface area contributed by atoms with E-state index in [1.54, 1.807) is 6.07 Å². The maximum Gasteiger partial charge on any atom is 0.222 e. The molecule has 1 aromatic carbocycles. The molecule has 1 heterocycles. The summed E-state index contributed by atoms with van der Waals surface area (Å²) in [6.07, 6.45) is 1.07. The molecular weight excluding hydrogens is 243 g/mol. The number of nitrogens with zero attached hydrogens (tertiary/aromatic N) is 2. The van der Waals surface area contributed by atoms with E-state index in [1.807, 2.05) is 11.0 Å². The van der Waals surface area contributed by atoms with Crippen LogP contribution in [0.1, 0.15) is 18.9 Å². The van der Waals surface area contributed by atoms with E-state index in [9.17, 15) is 9.18 Å². The number of rotatable bonds is 3. The zero-order chi connectivity index (χ0) is 13.8. The van der Waals surface area contributed by atoms with Gasteiger partial charge in [-0.25, -0.2) is 4.39 Å². The first kappa shape index (κ1) is 14.0. The average Bonchev–Trinajstić information content (AvgIpc) is 2.39. The van der Waals surface area contributed by atoms with E-state index in [0.717, 1.165) is 25.2 Å². The predicted octanol–water partition coefficient (Wildman–Crippen LogP) is 1.92. The van der Waals surface area contributed by atoms with Gasteiger partial charge in [0, 0.05) is 32.1 Å². The Balaban J connectivity index is 1.84. The second-order valence-corrected chi connectivity index (χ2v) is 5.30. The molecule has 1 saturated heterocycles. The molecule has 1 aliphatic rings. The van der Waals surface area contributed by atoms with Gasteiger partial charge in [-0.3, -0.25) is 4.79 Å². The quantitative estimate of drug-likeness (QED) is 0.832. The third-order valence-electron chi connectivity index (χ3n) is 3.83. The van der Waals surface area contributed by atoms with Crippen LogP contribution in [0.3, 0.4) is 0 Å². The zero-order valence-electron chi connectivity index (χ0n) is 11.6. The molecule has 104 valence electrons. The fourth-order valence-electron chi connectivity index (χ4n) is 2.38. The van der Waals surface area contributed by atoms with E-state index < -0.39 is 0 Å². The van der Waals surface area contributed by atoms with Crippen LogP contribution in [0.5, 0.6) is 0 Å². The molecule has 19 heavy (non-hydrogen) atoms. The largest absolute Gasteiger partial charge is 0.340 e. The van der Waals surface area contributed by atoms with Gasteiger partial charge in [0.05, 0.1) is 0 Å². The fourth-order valence-corrected chi connectivity index (χ4v) is 2.38. The molecule has 0 aliphatic carbocycles. The number of carbonyl (C=O) groups excluding carboxylic acids is 1. The number of aryl methyl sites for hydroxylation is 1. The van der Waals surface area contributed by atoms with Crippen molar-refractivity contribution in [2.75, 3.05) is 26.7 Å². The molecule has 1 aromatic rings. The maximum absolute atomic E-state index is 13.0. The third kappa shape index (κ3) is 3.77. The normalized spacial score (nSPS) is 20.6. The first-order valence-electron chi connectivity index (χ1n) is 6.78. The van der Waals surface area contributed by atoms with Crippen molar-refractivity contribution < 1.29 is 9.18 Å². The standard InChI is InChI=1S/C15H21FN2O/c1-12-11-18(9-8-17(12)2)15(19)7-6-13-4-3-5-14(16)10-13/h3-5,10,12H,6-9,11H2,1-2H3. The smallest absolute Gasteiger partial charge is 0.222 e. The van der Waals surface area contributed by atoms with Crippen LogP contribution in [0.4, 0.5) is 4.39 Å². The lowest BCUT2D eigenvalue weighted by molar-refractivity contribution is -0.133. The topological polar surface area (TPSA) is 23.6 Å². The van der Waals surface area contributed by atoms with Crippen molar-refractivity contribution >= 4 is 5.91 Å². The average molecular weight is 264 g/mol. The third-order valence-corrected chi connectivity index (χ3v) is 3.83. The van der Waals surface area contributed by atoms with Crippen molar-refractivity contribution in [2.24, 2.45) is 0 Å². The molecule has 1 amide bonds. The Morgan fingerprint density at radius 3 is 2.89 bits per heavy atom. The molecule has 4 heteroatoms. The summed E-state index contributed by atoms with van der Waals surface area (Å²) in [5.41, 5.74) is 0.885. The van der Waals surface area contributed by atoms with Gasteiger partial charge in [-0.1, -0.05) is 12.1 Å². The lowest BCUT2D eigenvalue weighted by atomic mass is 10.1. The number of amides is 1. The molecule has 0 saturated carbocycles. The van der Waals surface area contributed by atoms with Crippen LogP contribution in [-0.2, 0) is 11.2 Å². The highest BCUT2D eigenvalue weighted by molar-refractivity contribution is 5.76. The SMILES string of the molecule is CC1CN(C(=O)CCc2cccc(F)c2)CCN1C. The van der Waals surface area contributed by atoms with Gasteiger partial charge in [0.1, 0.15) is 5.82 Å². The van der Waals surface area contributed by atoms with E-state index in [0.29, 0.717) is 18.9 Å². The van der Waals surface area contributed by atoms with Crippen LogP contribution in [-0.4, -0.2) is 48.4 Å². The van der Waals surface area contributed by atoms with Crippen LogP contribution in [0.25, 0.3) is 0 Å². The van der Waals surface area contributed by atoms with Crippen molar-refractivity contribution in [2.45, 2.75) is 25.8 Å². The number of hydrogen-bond acceptors (Lipinski definition) is 2. The zero-order valence-corrected chi connectivity index (χ0v) is 11.6. The van der Waals surface area contributed by atoms with Crippen LogP contribution in [0, 0.1) is 5.82 Å². The molecule has 0 radical (unpaired) electrons. The van der Waals surface area contributed by atoms with Gasteiger partial charge >= 0.3 is 0 Å². The van der Waals surface area contributed by atoms with Gasteiger partial charge in [-0.15, -0.1) is 0 Å². The number of piperazine rings is 1. The maximum atomic E-state index is 13.0. The van der Waals surface area contributed by atoms with Gasteiger partial charge in [-0.2, -0.15) is 0 Å². The van der Waals surface area contributed by atoms with Crippen LogP contribution < -0.4 is 0 Å². The van der Waals surface area contributed by atoms with E-state index in [1.165, 1.54) is 12.1 Å². The molecule has 0 aromatic heterocycles. The molecule has 1 fully saturated rings. The Hall–Kier alpha value is -1.42. The first-order chi connectivity index (χ1) is 9.06. The Morgan fingerprint density at radius 2 is 2.21 bits per heavy atom. The molecule has 0 bridgehead atoms. The Kier molecular flexibility index (Phi) is 4.53. The lowest BCUT2D eigenvalue weighted by Crippen LogP contribution is -2.52. The Labute approximate surface area is 114 Å². The van der Waals surface area contributed by atoms with Crippen molar-refractivity contribution in [3.05, 3.63) is 35.6 Å². The molecule has 2 rings (SSSR count). The van der Waals surface area contributed by atoms with Gasteiger partial charge in [-0.05, 0) is 38.1 Å². The van der Waals surface area contributed by atoms with E-state index in [4.69, 9.17) is 0 Å². The molecule has 3 nitrogen and oxygen atoms in total. The monoisotopic (exact) mass is 264 g/mol. The van der Waals surface area contributed by atoms with E-state index in [-0.39, 0.29) is 11.7 Å². The predicted molar refractivity (Wildman–Crippen MR) is 73.4 cm³/mol. The fraction of sp³-hybridized carbons (Fsp3) is 0.533. The van der Waals surface area contributed by atoms with Crippen molar-refractivity contribution in [3.63, 3.8) is 0 Å².